The van der Waals surface area contributed by atoms with Crippen molar-refractivity contribution in [3.05, 3.63) is 113 Å². The molecule has 3 atom stereocenters. The molecule has 2 aliphatic rings. The van der Waals surface area contributed by atoms with Crippen molar-refractivity contribution in [2.75, 3.05) is 23.1 Å². The van der Waals surface area contributed by atoms with E-state index in [0.717, 1.165) is 37.4 Å². The second-order valence-corrected chi connectivity index (χ2v) is 14.8. The van der Waals surface area contributed by atoms with E-state index < -0.39 is 49.4 Å². The summed E-state index contributed by atoms with van der Waals surface area (Å²) in [6.07, 6.45) is 3.92. The Balaban J connectivity index is 1.32. The largest absolute Gasteiger partial charge is 0.564 e. The van der Waals surface area contributed by atoms with E-state index in [1.807, 2.05) is 16.8 Å². The zero-order valence-corrected chi connectivity index (χ0v) is 29.9. The van der Waals surface area contributed by atoms with Gasteiger partial charge in [0.15, 0.2) is 0 Å². The van der Waals surface area contributed by atoms with Gasteiger partial charge in [-0.3, -0.25) is 9.59 Å². The molecule has 9 nitrogen and oxygen atoms in total. The molecular formula is C38H42F4N6O3P+. The van der Waals surface area contributed by atoms with Gasteiger partial charge in [-0.25, -0.2) is 9.37 Å². The molecule has 6 rings (SSSR count). The summed E-state index contributed by atoms with van der Waals surface area (Å²) in [7, 11) is -2.01. The van der Waals surface area contributed by atoms with Crippen molar-refractivity contribution >= 4 is 31.3 Å². The lowest BCUT2D eigenvalue weighted by Gasteiger charge is -2.41. The number of hydrogen-bond acceptors (Lipinski definition) is 4. The Kier molecular flexibility index (Phi) is 11.4. The normalized spacial score (nSPS) is 18.3. The summed E-state index contributed by atoms with van der Waals surface area (Å²) in [6.45, 7) is 3.71. The molecule has 1 unspecified atom stereocenters. The van der Waals surface area contributed by atoms with Gasteiger partial charge >= 0.3 is 14.3 Å². The van der Waals surface area contributed by atoms with Gasteiger partial charge in [0.1, 0.15) is 5.82 Å². The predicted octanol–water partition coefficient (Wildman–Crippen LogP) is 8.66. The van der Waals surface area contributed by atoms with Crippen molar-refractivity contribution in [3.63, 3.8) is 0 Å². The minimum Gasteiger partial charge on any atom is -0.348 e. The first kappa shape index (κ1) is 37.2. The van der Waals surface area contributed by atoms with Gasteiger partial charge in [0.2, 0.25) is 5.91 Å². The molecule has 274 valence electrons. The number of rotatable bonds is 11. The highest BCUT2D eigenvalue weighted by molar-refractivity contribution is 7.44. The highest BCUT2D eigenvalue weighted by Crippen LogP contribution is 2.42. The Hall–Kier alpha value is -4.61. The number of H-pyrrole nitrogens is 1. The number of piperidine rings is 1. The van der Waals surface area contributed by atoms with Crippen LogP contribution in [0.25, 0.3) is 0 Å². The number of likely N-dealkylation sites (tertiary alicyclic amines) is 1. The zero-order valence-electron chi connectivity index (χ0n) is 29.0. The standard InChI is InChI=1S/C38H41F4N6O3P/c1-24-12-15-27(21-32(24)38(40,41)42)46-36(49)31-10-6-20-47(37(50)34-25(2)7-5-11-33(34)39)35(31)26-13-16-30(17-14-26)48(29-8-3-4-9-29)52(51)45-19-18-28-22-43-23-44-28/h5,7,11-17,21-23,29,31,35H,3-4,6,8-10,18-20H2,1-2H3,(H2-,43,44,45,46,49,51)/p+1/t31-,35-/m0/s1. The van der Waals surface area contributed by atoms with Gasteiger partial charge in [0.25, 0.3) is 5.91 Å². The van der Waals surface area contributed by atoms with E-state index in [1.165, 1.54) is 36.1 Å². The number of benzene rings is 3. The van der Waals surface area contributed by atoms with Crippen LogP contribution in [0.3, 0.4) is 0 Å². The number of halogens is 4. The molecule has 52 heavy (non-hydrogen) atoms. The average Bonchev–Trinajstić information content (AvgIpc) is 3.84. The van der Waals surface area contributed by atoms with E-state index >= 15 is 4.39 Å². The molecule has 1 aliphatic carbocycles. The number of nitrogens with one attached hydrogen (secondary N) is 3. The van der Waals surface area contributed by atoms with Crippen LogP contribution in [0, 0.1) is 25.6 Å². The topological polar surface area (TPSA) is 110 Å². The third-order valence-electron chi connectivity index (χ3n) is 10.0. The lowest BCUT2D eigenvalue weighted by Crippen LogP contribution is -2.46. The second kappa shape index (κ2) is 16.0. The molecule has 0 radical (unpaired) electrons. The number of aromatic amines is 1. The number of carbonyl (C=O) groups is 2. The fourth-order valence-corrected chi connectivity index (χ4v) is 8.74. The molecule has 1 aliphatic heterocycles. The minimum atomic E-state index is -4.60. The number of amides is 2. The van der Waals surface area contributed by atoms with Crippen molar-refractivity contribution in [3.8, 4) is 0 Å². The van der Waals surface area contributed by atoms with E-state index in [1.54, 1.807) is 37.6 Å². The van der Waals surface area contributed by atoms with Gasteiger partial charge in [-0.15, -0.1) is 4.67 Å². The molecule has 2 amide bonds. The summed E-state index contributed by atoms with van der Waals surface area (Å²) in [6, 6.07) is 14.5. The summed E-state index contributed by atoms with van der Waals surface area (Å²) in [5.41, 5.74) is 1.75. The maximum Gasteiger partial charge on any atom is 0.564 e. The number of aromatic nitrogens is 2. The second-order valence-electron chi connectivity index (χ2n) is 13.5. The third-order valence-corrected chi connectivity index (χ3v) is 11.5. The molecule has 2 heterocycles. The van der Waals surface area contributed by atoms with Gasteiger partial charge in [0.05, 0.1) is 41.1 Å². The third kappa shape index (κ3) is 8.21. The Morgan fingerprint density at radius 1 is 1.00 bits per heavy atom. The first-order valence-electron chi connectivity index (χ1n) is 17.5. The molecule has 0 bridgehead atoms. The SMILES string of the molecule is Cc1ccc(NC(=O)[C@H]2CCCN(C(=O)c3c(C)cccc3F)[C@H]2c2ccc(N(C3CCCC3)[P+](=O)NCCc3cnc[nH]3)cc2)cc1C(F)(F)F. The molecule has 1 saturated heterocycles. The van der Waals surface area contributed by atoms with Crippen LogP contribution in [-0.2, 0) is 22.0 Å². The van der Waals surface area contributed by atoms with Gasteiger partial charge in [-0.05, 0) is 91.1 Å². The summed E-state index contributed by atoms with van der Waals surface area (Å²) in [4.78, 5) is 36.7. The number of nitrogens with zero attached hydrogens (tertiary/aromatic N) is 3. The van der Waals surface area contributed by atoms with E-state index in [4.69, 9.17) is 0 Å². The molecule has 2 fully saturated rings. The lowest BCUT2D eigenvalue weighted by molar-refractivity contribution is -0.138. The van der Waals surface area contributed by atoms with E-state index in [9.17, 15) is 27.3 Å². The van der Waals surface area contributed by atoms with Crippen molar-refractivity contribution in [1.29, 1.82) is 0 Å². The quantitative estimate of drug-likeness (QED) is 0.105. The Morgan fingerprint density at radius 2 is 1.75 bits per heavy atom. The molecule has 1 saturated carbocycles. The van der Waals surface area contributed by atoms with Crippen LogP contribution in [0.2, 0.25) is 0 Å². The molecule has 1 aromatic heterocycles. The Morgan fingerprint density at radius 3 is 2.42 bits per heavy atom. The summed E-state index contributed by atoms with van der Waals surface area (Å²) >= 11 is 0. The van der Waals surface area contributed by atoms with Crippen LogP contribution in [0.1, 0.15) is 82.9 Å². The number of carbonyl (C=O) groups excluding carboxylic acids is 2. The van der Waals surface area contributed by atoms with Crippen LogP contribution in [0.5, 0.6) is 0 Å². The van der Waals surface area contributed by atoms with Crippen LogP contribution >= 0.6 is 8.10 Å². The summed E-state index contributed by atoms with van der Waals surface area (Å²) in [5.74, 6) is -2.67. The van der Waals surface area contributed by atoms with E-state index in [-0.39, 0.29) is 29.4 Å². The maximum absolute atomic E-state index is 15.2. The number of imidazole rings is 1. The van der Waals surface area contributed by atoms with Crippen molar-refractivity contribution < 1.29 is 31.7 Å². The van der Waals surface area contributed by atoms with E-state index in [0.29, 0.717) is 42.6 Å². The van der Waals surface area contributed by atoms with E-state index in [2.05, 4.69) is 20.4 Å². The van der Waals surface area contributed by atoms with Crippen molar-refractivity contribution in [2.45, 2.75) is 77.1 Å². The zero-order chi connectivity index (χ0) is 37.0. The Bertz CT molecular complexity index is 1880. The number of alkyl halides is 3. The molecule has 3 aromatic carbocycles. The smallest absolute Gasteiger partial charge is 0.348 e. The first-order chi connectivity index (χ1) is 24.9. The van der Waals surface area contributed by atoms with Gasteiger partial charge in [0, 0.05) is 37.1 Å². The van der Waals surface area contributed by atoms with Crippen LogP contribution in [0.15, 0.2) is 73.2 Å². The fourth-order valence-electron chi connectivity index (χ4n) is 7.42. The number of anilines is 2. The molecule has 3 N–H and O–H groups in total. The van der Waals surface area contributed by atoms with Gasteiger partial charge in [-0.1, -0.05) is 48.3 Å². The minimum absolute atomic E-state index is 0.0125. The Labute approximate surface area is 301 Å². The number of aryl methyl sites for hydroxylation is 2. The average molecular weight is 738 g/mol. The highest BCUT2D eigenvalue weighted by Gasteiger charge is 2.42. The number of hydrogen-bond donors (Lipinski definition) is 3. The monoisotopic (exact) mass is 737 g/mol. The van der Waals surface area contributed by atoms with Crippen LogP contribution in [-0.4, -0.2) is 45.8 Å². The molecule has 0 spiro atoms. The summed E-state index contributed by atoms with van der Waals surface area (Å²) < 4.78 is 72.0. The van der Waals surface area contributed by atoms with Gasteiger partial charge in [-0.2, -0.15) is 13.2 Å². The van der Waals surface area contributed by atoms with Crippen LogP contribution < -0.4 is 15.1 Å². The maximum atomic E-state index is 15.2. The molecule has 14 heteroatoms. The van der Waals surface area contributed by atoms with Crippen LogP contribution in [0.4, 0.5) is 28.9 Å². The van der Waals surface area contributed by atoms with Crippen molar-refractivity contribution in [1.82, 2.24) is 20.0 Å². The van der Waals surface area contributed by atoms with Crippen molar-refractivity contribution in [2.24, 2.45) is 5.92 Å². The summed E-state index contributed by atoms with van der Waals surface area (Å²) in [5, 5.41) is 5.83. The van der Waals surface area contributed by atoms with Gasteiger partial charge < -0.3 is 15.2 Å². The molecular weight excluding hydrogens is 695 g/mol. The lowest BCUT2D eigenvalue weighted by atomic mass is 9.83. The predicted molar refractivity (Wildman–Crippen MR) is 192 cm³/mol. The highest BCUT2D eigenvalue weighted by atomic mass is 31.1. The first-order valence-corrected chi connectivity index (χ1v) is 18.8. The molecule has 4 aromatic rings. The fraction of sp³-hybridized carbons (Fsp3) is 0.395.